The van der Waals surface area contributed by atoms with Gasteiger partial charge in [-0.3, -0.25) is 4.79 Å². The van der Waals surface area contributed by atoms with Gasteiger partial charge >= 0.3 is 0 Å². The number of thiophene rings is 1. The predicted octanol–water partition coefficient (Wildman–Crippen LogP) is 2.43. The average Bonchev–Trinajstić information content (AvgIpc) is 3.46. The molecule has 0 aromatic carbocycles. The molecule has 1 spiro atoms. The van der Waals surface area contributed by atoms with E-state index in [0.717, 1.165) is 37.3 Å². The Morgan fingerprint density at radius 2 is 2.44 bits per heavy atom. The number of rotatable bonds is 4. The van der Waals surface area contributed by atoms with E-state index in [4.69, 9.17) is 10.00 Å². The molecule has 27 heavy (non-hydrogen) atoms. The lowest BCUT2D eigenvalue weighted by Crippen LogP contribution is -2.41. The first-order chi connectivity index (χ1) is 13.2. The minimum atomic E-state index is -0.132. The first kappa shape index (κ1) is 16.7. The summed E-state index contributed by atoms with van der Waals surface area (Å²) in [7, 11) is 0. The molecule has 0 saturated carbocycles. The third kappa shape index (κ3) is 2.71. The number of carbonyl (C=O) groups is 1. The molecule has 3 aliphatic rings. The van der Waals surface area contributed by atoms with Crippen LogP contribution in [0.5, 0.6) is 0 Å². The Balaban J connectivity index is 1.32. The maximum atomic E-state index is 12.3. The molecule has 7 heteroatoms. The van der Waals surface area contributed by atoms with Crippen molar-refractivity contribution in [2.75, 3.05) is 24.5 Å². The second-order valence-electron chi connectivity index (χ2n) is 7.65. The Labute approximate surface area is 161 Å². The van der Waals surface area contributed by atoms with Crippen LogP contribution in [0, 0.1) is 23.2 Å². The van der Waals surface area contributed by atoms with Crippen LogP contribution in [0.1, 0.15) is 28.8 Å². The minimum absolute atomic E-state index is 0.00804. The fraction of sp³-hybridized carbons (Fsp3) is 0.450. The summed E-state index contributed by atoms with van der Waals surface area (Å²) in [5.74, 6) is 1.54. The zero-order valence-corrected chi connectivity index (χ0v) is 15.6. The third-order valence-electron chi connectivity index (χ3n) is 6.26. The van der Waals surface area contributed by atoms with E-state index in [0.29, 0.717) is 23.9 Å². The van der Waals surface area contributed by atoms with E-state index in [1.54, 1.807) is 12.3 Å². The molecule has 138 valence electrons. The number of hydrogen-bond acceptors (Lipinski definition) is 6. The second-order valence-corrected chi connectivity index (χ2v) is 8.43. The lowest BCUT2D eigenvalue weighted by molar-refractivity contribution is 0.0141. The number of hydrogen-bond donors (Lipinski definition) is 1. The lowest BCUT2D eigenvalue weighted by Gasteiger charge is -2.29. The van der Waals surface area contributed by atoms with Gasteiger partial charge in [0.2, 0.25) is 0 Å². The number of aromatic nitrogens is 1. The summed E-state index contributed by atoms with van der Waals surface area (Å²) >= 11 is 1.53. The van der Waals surface area contributed by atoms with Crippen LogP contribution < -0.4 is 10.2 Å². The van der Waals surface area contributed by atoms with Crippen molar-refractivity contribution < 1.29 is 9.53 Å². The zero-order chi connectivity index (χ0) is 18.4. The molecule has 2 bridgehead atoms. The number of carbonyl (C=O) groups excluding carboxylic acids is 1. The number of pyridine rings is 1. The number of fused-ring (bicyclic) bond motifs is 1. The smallest absolute Gasteiger partial charge is 0.252 e. The Bertz CT molecular complexity index is 909. The normalized spacial score (nSPS) is 30.9. The van der Waals surface area contributed by atoms with Gasteiger partial charge in [0, 0.05) is 48.6 Å². The highest BCUT2D eigenvalue weighted by Gasteiger charge is 2.63. The maximum Gasteiger partial charge on any atom is 0.252 e. The fourth-order valence-corrected chi connectivity index (χ4v) is 5.64. The van der Waals surface area contributed by atoms with Crippen molar-refractivity contribution in [1.29, 1.82) is 5.26 Å². The summed E-state index contributed by atoms with van der Waals surface area (Å²) in [6.07, 6.45) is 4.04. The minimum Gasteiger partial charge on any atom is -0.369 e. The van der Waals surface area contributed by atoms with Crippen molar-refractivity contribution >= 4 is 23.1 Å². The van der Waals surface area contributed by atoms with E-state index in [1.807, 2.05) is 22.9 Å². The quantitative estimate of drug-likeness (QED) is 0.881. The summed E-state index contributed by atoms with van der Waals surface area (Å²) in [4.78, 5) is 19.0. The molecule has 5 rings (SSSR count). The molecule has 3 fully saturated rings. The summed E-state index contributed by atoms with van der Waals surface area (Å²) in [5, 5.41) is 16.0. The van der Waals surface area contributed by atoms with Crippen LogP contribution in [-0.4, -0.2) is 42.2 Å². The van der Waals surface area contributed by atoms with Gasteiger partial charge in [0.1, 0.15) is 5.82 Å². The molecule has 3 aliphatic heterocycles. The third-order valence-corrected chi connectivity index (χ3v) is 6.95. The van der Waals surface area contributed by atoms with Gasteiger partial charge in [-0.1, -0.05) is 0 Å². The van der Waals surface area contributed by atoms with Gasteiger partial charge in [-0.05, 0) is 36.4 Å². The fourth-order valence-electron chi connectivity index (χ4n) is 5.01. The molecule has 1 N–H and O–H groups in total. The van der Waals surface area contributed by atoms with E-state index in [9.17, 15) is 4.79 Å². The number of anilines is 1. The molecular formula is C20H20N4O2S. The van der Waals surface area contributed by atoms with E-state index in [2.05, 4.69) is 21.3 Å². The highest BCUT2D eigenvalue weighted by molar-refractivity contribution is 7.08. The van der Waals surface area contributed by atoms with E-state index in [-0.39, 0.29) is 17.6 Å². The van der Waals surface area contributed by atoms with Gasteiger partial charge in [0.05, 0.1) is 23.3 Å². The highest BCUT2D eigenvalue weighted by Crippen LogP contribution is 2.55. The summed E-state index contributed by atoms with van der Waals surface area (Å²) in [5.41, 5.74) is 1.22. The molecule has 2 aromatic heterocycles. The van der Waals surface area contributed by atoms with Gasteiger partial charge in [-0.2, -0.15) is 16.6 Å². The Morgan fingerprint density at radius 3 is 3.26 bits per heavy atom. The molecule has 6 nitrogen and oxygen atoms in total. The van der Waals surface area contributed by atoms with Crippen LogP contribution in [0.4, 0.5) is 5.82 Å². The highest BCUT2D eigenvalue weighted by atomic mass is 32.1. The van der Waals surface area contributed by atoms with Crippen molar-refractivity contribution in [3.8, 4) is 6.07 Å². The molecular weight excluding hydrogens is 360 g/mol. The molecule has 1 amide bonds. The van der Waals surface area contributed by atoms with Crippen molar-refractivity contribution in [1.82, 2.24) is 10.3 Å². The largest absolute Gasteiger partial charge is 0.369 e. The Morgan fingerprint density at radius 1 is 1.52 bits per heavy atom. The van der Waals surface area contributed by atoms with E-state index >= 15 is 0 Å². The lowest BCUT2D eigenvalue weighted by atomic mass is 9.73. The first-order valence-corrected chi connectivity index (χ1v) is 10.2. The molecule has 5 heterocycles. The monoisotopic (exact) mass is 380 g/mol. The van der Waals surface area contributed by atoms with E-state index in [1.165, 1.54) is 11.3 Å². The zero-order valence-electron chi connectivity index (χ0n) is 14.8. The Hall–Kier alpha value is -2.43. The number of ether oxygens (including phenoxy) is 1. The molecule has 0 radical (unpaired) electrons. The van der Waals surface area contributed by atoms with Crippen molar-refractivity contribution in [3.63, 3.8) is 0 Å². The van der Waals surface area contributed by atoms with Crippen LogP contribution >= 0.6 is 11.3 Å². The summed E-state index contributed by atoms with van der Waals surface area (Å²) in [6.45, 7) is 2.31. The van der Waals surface area contributed by atoms with Gasteiger partial charge < -0.3 is 15.0 Å². The van der Waals surface area contributed by atoms with Gasteiger partial charge in [-0.15, -0.1) is 0 Å². The standard InChI is InChI=1S/C20H20N4O2S/c21-8-13-2-5-22-18(7-13)24-10-16-15(17-1-4-20(16,12-24)26-17)9-23-19(25)14-3-6-27-11-14/h2-3,5-7,11,15-17H,1,4,9-10,12H2,(H,23,25)/t15-,16+,17+,20+/m0/s1. The van der Waals surface area contributed by atoms with Gasteiger partial charge in [0.15, 0.2) is 0 Å². The number of amides is 1. The van der Waals surface area contributed by atoms with Crippen LogP contribution in [0.2, 0.25) is 0 Å². The maximum absolute atomic E-state index is 12.3. The number of nitrogens with zero attached hydrogens (tertiary/aromatic N) is 3. The molecule has 2 aromatic rings. The molecule has 3 saturated heterocycles. The van der Waals surface area contributed by atoms with Crippen molar-refractivity contribution in [2.45, 2.75) is 24.5 Å². The predicted molar refractivity (Wildman–Crippen MR) is 102 cm³/mol. The van der Waals surface area contributed by atoms with Crippen LogP contribution in [0.15, 0.2) is 35.2 Å². The van der Waals surface area contributed by atoms with Crippen molar-refractivity contribution in [3.05, 3.63) is 46.3 Å². The topological polar surface area (TPSA) is 78.3 Å². The second kappa shape index (κ2) is 6.32. The van der Waals surface area contributed by atoms with E-state index < -0.39 is 0 Å². The van der Waals surface area contributed by atoms with Crippen molar-refractivity contribution in [2.24, 2.45) is 11.8 Å². The Kier molecular flexibility index (Phi) is 3.92. The number of nitrogens with one attached hydrogen (secondary N) is 1. The average molecular weight is 380 g/mol. The number of nitriles is 1. The first-order valence-electron chi connectivity index (χ1n) is 9.28. The summed E-state index contributed by atoms with van der Waals surface area (Å²) in [6, 6.07) is 7.60. The molecule has 0 unspecified atom stereocenters. The van der Waals surface area contributed by atoms with Crippen LogP contribution in [0.3, 0.4) is 0 Å². The van der Waals surface area contributed by atoms with Gasteiger partial charge in [0.25, 0.3) is 5.91 Å². The van der Waals surface area contributed by atoms with Crippen LogP contribution in [0.25, 0.3) is 0 Å². The molecule has 4 atom stereocenters. The van der Waals surface area contributed by atoms with Crippen LogP contribution in [-0.2, 0) is 4.74 Å². The van der Waals surface area contributed by atoms with Gasteiger partial charge in [-0.25, -0.2) is 4.98 Å². The summed E-state index contributed by atoms with van der Waals surface area (Å²) < 4.78 is 6.44. The molecule has 0 aliphatic carbocycles. The SMILES string of the molecule is N#Cc1ccnc(N2C[C@@H]3[C@H](CNC(=O)c4ccsc4)[C@H]4CC[C@]3(C2)O4)c1.